The van der Waals surface area contributed by atoms with E-state index in [1.54, 1.807) is 0 Å². The molecule has 1 unspecified atom stereocenters. The number of carbonyl (C=O) groups is 1. The summed E-state index contributed by atoms with van der Waals surface area (Å²) in [4.78, 5) is 25.8. The van der Waals surface area contributed by atoms with Crippen molar-refractivity contribution in [2.75, 3.05) is 6.54 Å². The van der Waals surface area contributed by atoms with E-state index in [2.05, 4.69) is 10.3 Å². The van der Waals surface area contributed by atoms with Gasteiger partial charge in [-0.25, -0.2) is 4.98 Å². The molecule has 0 saturated carbocycles. The number of pyridine rings is 1. The first-order valence-corrected chi connectivity index (χ1v) is 6.05. The van der Waals surface area contributed by atoms with Gasteiger partial charge in [-0.1, -0.05) is 25.4 Å². The lowest BCUT2D eigenvalue weighted by atomic mass is 10.0. The van der Waals surface area contributed by atoms with Crippen molar-refractivity contribution < 1.29 is 9.72 Å². The number of rotatable bonds is 5. The zero-order valence-corrected chi connectivity index (χ0v) is 11.3. The SMILES string of the molecule is CC(C)C(CN)NC(=O)c1cc(Cl)ncc1[N+](=O)[O-]. The summed E-state index contributed by atoms with van der Waals surface area (Å²) in [6.07, 6.45) is 0.962. The van der Waals surface area contributed by atoms with Crippen molar-refractivity contribution in [3.8, 4) is 0 Å². The van der Waals surface area contributed by atoms with Gasteiger partial charge in [0.25, 0.3) is 11.6 Å². The van der Waals surface area contributed by atoms with Gasteiger partial charge < -0.3 is 11.1 Å². The highest BCUT2D eigenvalue weighted by molar-refractivity contribution is 6.29. The van der Waals surface area contributed by atoms with E-state index in [0.717, 1.165) is 6.20 Å². The summed E-state index contributed by atoms with van der Waals surface area (Å²) in [7, 11) is 0. The molecule has 0 aliphatic heterocycles. The van der Waals surface area contributed by atoms with Crippen molar-refractivity contribution in [3.63, 3.8) is 0 Å². The number of hydrogen-bond donors (Lipinski definition) is 2. The molecule has 0 bridgehead atoms. The molecule has 1 aromatic rings. The fourth-order valence-corrected chi connectivity index (χ4v) is 1.65. The van der Waals surface area contributed by atoms with E-state index in [-0.39, 0.29) is 34.9 Å². The molecule has 0 fully saturated rings. The predicted molar refractivity (Wildman–Crippen MR) is 71.0 cm³/mol. The van der Waals surface area contributed by atoms with E-state index in [4.69, 9.17) is 17.3 Å². The number of nitrogens with zero attached hydrogens (tertiary/aromatic N) is 2. The zero-order chi connectivity index (χ0) is 14.6. The molecule has 0 saturated heterocycles. The van der Waals surface area contributed by atoms with Crippen molar-refractivity contribution in [1.29, 1.82) is 0 Å². The van der Waals surface area contributed by atoms with Crippen LogP contribution in [0.25, 0.3) is 0 Å². The van der Waals surface area contributed by atoms with Crippen LogP contribution in [-0.2, 0) is 0 Å². The highest BCUT2D eigenvalue weighted by Gasteiger charge is 2.24. The minimum Gasteiger partial charge on any atom is -0.348 e. The van der Waals surface area contributed by atoms with Crippen LogP contribution in [0.3, 0.4) is 0 Å². The molecule has 1 aromatic heterocycles. The van der Waals surface area contributed by atoms with Gasteiger partial charge in [0.2, 0.25) is 0 Å². The molecule has 104 valence electrons. The van der Waals surface area contributed by atoms with Crippen LogP contribution in [0, 0.1) is 16.0 Å². The van der Waals surface area contributed by atoms with Gasteiger partial charge in [-0.15, -0.1) is 0 Å². The van der Waals surface area contributed by atoms with E-state index in [0.29, 0.717) is 0 Å². The van der Waals surface area contributed by atoms with Crippen LogP contribution in [0.1, 0.15) is 24.2 Å². The Morgan fingerprint density at radius 3 is 2.74 bits per heavy atom. The molecule has 0 radical (unpaired) electrons. The minimum atomic E-state index is -0.676. The Kier molecular flexibility index (Phi) is 5.20. The molecule has 1 atom stereocenters. The fourth-order valence-electron chi connectivity index (χ4n) is 1.49. The average Bonchev–Trinajstić information content (AvgIpc) is 2.34. The Balaban J connectivity index is 3.05. The lowest BCUT2D eigenvalue weighted by Crippen LogP contribution is -2.43. The van der Waals surface area contributed by atoms with Crippen LogP contribution < -0.4 is 11.1 Å². The first kappa shape index (κ1) is 15.3. The highest BCUT2D eigenvalue weighted by atomic mass is 35.5. The first-order valence-electron chi connectivity index (χ1n) is 5.67. The number of carbonyl (C=O) groups excluding carboxylic acids is 1. The van der Waals surface area contributed by atoms with Crippen LogP contribution in [0.4, 0.5) is 5.69 Å². The Hall–Kier alpha value is -1.73. The van der Waals surface area contributed by atoms with Crippen molar-refractivity contribution in [1.82, 2.24) is 10.3 Å². The van der Waals surface area contributed by atoms with Gasteiger partial charge in [0, 0.05) is 12.6 Å². The van der Waals surface area contributed by atoms with E-state index in [1.165, 1.54) is 6.07 Å². The lowest BCUT2D eigenvalue weighted by molar-refractivity contribution is -0.385. The Bertz CT molecular complexity index is 493. The summed E-state index contributed by atoms with van der Waals surface area (Å²) in [6, 6.07) is 0.905. The summed E-state index contributed by atoms with van der Waals surface area (Å²) in [5.74, 6) is -0.467. The zero-order valence-electron chi connectivity index (χ0n) is 10.6. The molecule has 3 N–H and O–H groups in total. The lowest BCUT2D eigenvalue weighted by Gasteiger charge is -2.20. The number of aromatic nitrogens is 1. The van der Waals surface area contributed by atoms with Gasteiger partial charge in [-0.05, 0) is 12.0 Å². The molecule has 0 aliphatic rings. The quantitative estimate of drug-likeness (QED) is 0.482. The third kappa shape index (κ3) is 3.87. The van der Waals surface area contributed by atoms with E-state index >= 15 is 0 Å². The molecular formula is C11H15ClN4O3. The maximum Gasteiger partial charge on any atom is 0.300 e. The van der Waals surface area contributed by atoms with E-state index in [1.807, 2.05) is 13.8 Å². The summed E-state index contributed by atoms with van der Waals surface area (Å²) < 4.78 is 0. The number of halogens is 1. The van der Waals surface area contributed by atoms with Gasteiger partial charge in [0.1, 0.15) is 16.9 Å². The molecule has 0 aliphatic carbocycles. The van der Waals surface area contributed by atoms with Gasteiger partial charge in [-0.3, -0.25) is 14.9 Å². The average molecular weight is 287 g/mol. The maximum atomic E-state index is 12.0. The number of nitro groups is 1. The molecule has 0 aromatic carbocycles. The molecule has 8 heteroatoms. The van der Waals surface area contributed by atoms with Gasteiger partial charge in [0.05, 0.1) is 4.92 Å². The third-order valence-corrected chi connectivity index (χ3v) is 2.87. The van der Waals surface area contributed by atoms with Gasteiger partial charge in [-0.2, -0.15) is 0 Å². The normalized spacial score (nSPS) is 12.3. The monoisotopic (exact) mass is 286 g/mol. The molecular weight excluding hydrogens is 272 g/mol. The summed E-state index contributed by atoms with van der Waals surface area (Å²) in [6.45, 7) is 4.04. The first-order chi connectivity index (χ1) is 8.86. The number of nitrogens with one attached hydrogen (secondary N) is 1. The maximum absolute atomic E-state index is 12.0. The number of hydrogen-bond acceptors (Lipinski definition) is 5. The van der Waals surface area contributed by atoms with Gasteiger partial charge in [0.15, 0.2) is 0 Å². The summed E-state index contributed by atoms with van der Waals surface area (Å²) in [5.41, 5.74) is 5.03. The molecule has 0 spiro atoms. The van der Waals surface area contributed by atoms with Gasteiger partial charge >= 0.3 is 0 Å². The smallest absolute Gasteiger partial charge is 0.300 e. The Morgan fingerprint density at radius 2 is 2.26 bits per heavy atom. The fraction of sp³-hybridized carbons (Fsp3) is 0.455. The minimum absolute atomic E-state index is 0.0181. The van der Waals surface area contributed by atoms with Crippen molar-refractivity contribution in [3.05, 3.63) is 33.1 Å². The van der Waals surface area contributed by atoms with E-state index < -0.39 is 10.8 Å². The third-order valence-electron chi connectivity index (χ3n) is 2.67. The van der Waals surface area contributed by atoms with Crippen molar-refractivity contribution >= 4 is 23.2 Å². The van der Waals surface area contributed by atoms with Crippen LogP contribution >= 0.6 is 11.6 Å². The molecule has 19 heavy (non-hydrogen) atoms. The van der Waals surface area contributed by atoms with Crippen molar-refractivity contribution in [2.24, 2.45) is 11.7 Å². The Morgan fingerprint density at radius 1 is 1.63 bits per heavy atom. The van der Waals surface area contributed by atoms with Crippen LogP contribution in [0.15, 0.2) is 12.3 Å². The molecule has 1 rings (SSSR count). The number of amides is 1. The van der Waals surface area contributed by atoms with Crippen LogP contribution in [-0.4, -0.2) is 28.4 Å². The second-order valence-corrected chi connectivity index (χ2v) is 4.73. The summed E-state index contributed by atoms with van der Waals surface area (Å²) in [5, 5.41) is 13.5. The van der Waals surface area contributed by atoms with Crippen LogP contribution in [0.5, 0.6) is 0 Å². The highest BCUT2D eigenvalue weighted by Crippen LogP contribution is 2.20. The number of nitrogens with two attached hydrogens (primary N) is 1. The largest absolute Gasteiger partial charge is 0.348 e. The van der Waals surface area contributed by atoms with Crippen molar-refractivity contribution in [2.45, 2.75) is 19.9 Å². The molecule has 7 nitrogen and oxygen atoms in total. The standard InChI is InChI=1S/C11H15ClN4O3/c1-6(2)8(4-13)15-11(17)7-3-10(12)14-5-9(7)16(18)19/h3,5-6,8H,4,13H2,1-2H3,(H,15,17). The second kappa shape index (κ2) is 6.44. The second-order valence-electron chi connectivity index (χ2n) is 4.34. The topological polar surface area (TPSA) is 111 Å². The summed E-state index contributed by atoms with van der Waals surface area (Å²) >= 11 is 5.66. The van der Waals surface area contributed by atoms with E-state index in [9.17, 15) is 14.9 Å². The Labute approximate surface area is 115 Å². The molecule has 1 amide bonds. The van der Waals surface area contributed by atoms with Crippen LogP contribution in [0.2, 0.25) is 5.15 Å². The molecule has 1 heterocycles. The predicted octanol–water partition coefficient (Wildman–Crippen LogP) is 1.36.